The van der Waals surface area contributed by atoms with E-state index in [-0.39, 0.29) is 19.9 Å². The van der Waals surface area contributed by atoms with Crippen molar-refractivity contribution in [2.24, 2.45) is 0 Å². The van der Waals surface area contributed by atoms with Gasteiger partial charge in [0.25, 0.3) is 0 Å². The van der Waals surface area contributed by atoms with E-state index in [2.05, 4.69) is 5.32 Å². The van der Waals surface area contributed by atoms with E-state index < -0.39 is 15.9 Å². The average molecular weight is 406 g/mol. The number of ether oxygens (including phenoxy) is 3. The molecule has 0 saturated heterocycles. The molecule has 0 aromatic heterocycles. The van der Waals surface area contributed by atoms with E-state index in [1.54, 1.807) is 36.4 Å². The maximum absolute atomic E-state index is 12.4. The van der Waals surface area contributed by atoms with Crippen LogP contribution in [-0.2, 0) is 21.4 Å². The van der Waals surface area contributed by atoms with Gasteiger partial charge in [0.2, 0.25) is 22.7 Å². The lowest BCUT2D eigenvalue weighted by Crippen LogP contribution is -2.40. The third kappa shape index (κ3) is 4.86. The molecule has 0 bridgehead atoms. The number of hydrogen-bond donors (Lipinski definition) is 1. The monoisotopic (exact) mass is 406 g/mol. The second-order valence-electron chi connectivity index (χ2n) is 6.16. The summed E-state index contributed by atoms with van der Waals surface area (Å²) < 4.78 is 41.4. The number of hydrogen-bond acceptors (Lipinski definition) is 6. The lowest BCUT2D eigenvalue weighted by atomic mass is 10.2. The first-order valence-electron chi connectivity index (χ1n) is 8.72. The molecular weight excluding hydrogens is 384 g/mol. The number of nitrogens with one attached hydrogen (secondary N) is 1. The molecule has 1 aliphatic rings. The van der Waals surface area contributed by atoms with Crippen molar-refractivity contribution in [3.63, 3.8) is 0 Å². The zero-order valence-electron chi connectivity index (χ0n) is 15.7. The number of rotatable bonds is 8. The summed E-state index contributed by atoms with van der Waals surface area (Å²) in [5.74, 6) is 1.39. The van der Waals surface area contributed by atoms with E-state index in [4.69, 9.17) is 14.2 Å². The number of fused-ring (bicyclic) bond motifs is 1. The second-order valence-corrected chi connectivity index (χ2v) is 8.07. The molecule has 1 amide bonds. The number of carbonyl (C=O) groups excluding carboxylic acids is 1. The largest absolute Gasteiger partial charge is 0.494 e. The summed E-state index contributed by atoms with van der Waals surface area (Å²) >= 11 is 0. The zero-order valence-corrected chi connectivity index (χ0v) is 16.5. The van der Waals surface area contributed by atoms with E-state index in [1.165, 1.54) is 0 Å². The number of sulfonamides is 1. The van der Waals surface area contributed by atoms with Gasteiger partial charge in [0.05, 0.1) is 18.6 Å². The van der Waals surface area contributed by atoms with Crippen molar-refractivity contribution in [2.45, 2.75) is 13.5 Å². The fraction of sp³-hybridized carbons (Fsp3) is 0.316. The number of anilines is 1. The van der Waals surface area contributed by atoms with Crippen molar-refractivity contribution >= 4 is 21.6 Å². The van der Waals surface area contributed by atoms with Gasteiger partial charge in [-0.1, -0.05) is 12.1 Å². The minimum absolute atomic E-state index is 0.176. The zero-order chi connectivity index (χ0) is 20.1. The molecule has 1 aliphatic heterocycles. The summed E-state index contributed by atoms with van der Waals surface area (Å²) in [5, 5.41) is 2.73. The summed E-state index contributed by atoms with van der Waals surface area (Å²) in [6, 6.07) is 12.0. The molecule has 0 radical (unpaired) electrons. The van der Waals surface area contributed by atoms with Gasteiger partial charge in [-0.25, -0.2) is 8.42 Å². The fourth-order valence-electron chi connectivity index (χ4n) is 2.73. The van der Waals surface area contributed by atoms with Crippen LogP contribution in [0, 0.1) is 0 Å². The maximum atomic E-state index is 12.4. The van der Waals surface area contributed by atoms with Crippen molar-refractivity contribution in [3.8, 4) is 17.2 Å². The number of carbonyl (C=O) groups is 1. The van der Waals surface area contributed by atoms with Gasteiger partial charge >= 0.3 is 0 Å². The van der Waals surface area contributed by atoms with E-state index in [1.807, 2.05) is 13.0 Å². The summed E-state index contributed by atoms with van der Waals surface area (Å²) in [4.78, 5) is 12.4. The Labute approximate surface area is 164 Å². The minimum atomic E-state index is -3.66. The first-order chi connectivity index (χ1) is 13.4. The van der Waals surface area contributed by atoms with Crippen LogP contribution < -0.4 is 23.8 Å². The highest BCUT2D eigenvalue weighted by atomic mass is 32.2. The van der Waals surface area contributed by atoms with Gasteiger partial charge in [0, 0.05) is 12.6 Å². The summed E-state index contributed by atoms with van der Waals surface area (Å²) in [5.41, 5.74) is 1.19. The van der Waals surface area contributed by atoms with Gasteiger partial charge in [-0.15, -0.1) is 0 Å². The van der Waals surface area contributed by atoms with Crippen molar-refractivity contribution in [1.82, 2.24) is 5.32 Å². The molecule has 0 aliphatic carbocycles. The Balaban J connectivity index is 1.67. The van der Waals surface area contributed by atoms with E-state index >= 15 is 0 Å². The van der Waals surface area contributed by atoms with Crippen LogP contribution >= 0.6 is 0 Å². The molecule has 1 N–H and O–H groups in total. The Morgan fingerprint density at radius 2 is 1.96 bits per heavy atom. The van der Waals surface area contributed by atoms with Gasteiger partial charge in [-0.05, 0) is 36.8 Å². The van der Waals surface area contributed by atoms with E-state index in [0.717, 1.165) is 16.1 Å². The van der Waals surface area contributed by atoms with Crippen LogP contribution in [-0.4, -0.2) is 40.5 Å². The van der Waals surface area contributed by atoms with Gasteiger partial charge in [0.1, 0.15) is 12.3 Å². The Kier molecular flexibility index (Phi) is 5.93. The molecule has 9 heteroatoms. The van der Waals surface area contributed by atoms with Crippen LogP contribution in [0.1, 0.15) is 12.5 Å². The predicted octanol–water partition coefficient (Wildman–Crippen LogP) is 1.90. The molecule has 3 rings (SSSR count). The molecule has 0 saturated carbocycles. The first kappa shape index (κ1) is 19.8. The topological polar surface area (TPSA) is 94.2 Å². The number of amides is 1. The molecule has 1 heterocycles. The highest BCUT2D eigenvalue weighted by Gasteiger charge is 2.21. The molecule has 150 valence electrons. The Hall–Kier alpha value is -2.94. The summed E-state index contributed by atoms with van der Waals surface area (Å²) in [6.07, 6.45) is 1.06. The smallest absolute Gasteiger partial charge is 0.241 e. The Bertz CT molecular complexity index is 961. The van der Waals surface area contributed by atoms with Gasteiger partial charge in [0.15, 0.2) is 11.5 Å². The SMILES string of the molecule is CCOc1cccc(N(CC(=O)NCc2ccc3c(c2)OCO3)S(C)(=O)=O)c1. The normalized spacial score (nSPS) is 12.5. The van der Waals surface area contributed by atoms with Crippen LogP contribution in [0.15, 0.2) is 42.5 Å². The number of benzene rings is 2. The maximum Gasteiger partial charge on any atom is 0.241 e. The standard InChI is InChI=1S/C19H22N2O6S/c1-3-25-16-6-4-5-15(10-16)21(28(2,23)24)12-19(22)20-11-14-7-8-17-18(9-14)27-13-26-17/h4-10H,3,11-13H2,1-2H3,(H,20,22). The Morgan fingerprint density at radius 1 is 1.18 bits per heavy atom. The number of nitrogens with zero attached hydrogens (tertiary/aromatic N) is 1. The minimum Gasteiger partial charge on any atom is -0.494 e. The van der Waals surface area contributed by atoms with Crippen molar-refractivity contribution in [1.29, 1.82) is 0 Å². The molecule has 0 spiro atoms. The van der Waals surface area contributed by atoms with Crippen LogP contribution in [0.5, 0.6) is 17.2 Å². The molecule has 28 heavy (non-hydrogen) atoms. The van der Waals surface area contributed by atoms with Crippen molar-refractivity contribution in [3.05, 3.63) is 48.0 Å². The first-order valence-corrected chi connectivity index (χ1v) is 10.6. The molecule has 2 aromatic carbocycles. The quantitative estimate of drug-likeness (QED) is 0.720. The average Bonchev–Trinajstić information content (AvgIpc) is 3.12. The molecular formula is C19H22N2O6S. The lowest BCUT2D eigenvalue weighted by molar-refractivity contribution is -0.119. The predicted molar refractivity (Wildman–Crippen MR) is 104 cm³/mol. The second kappa shape index (κ2) is 8.39. The third-order valence-electron chi connectivity index (χ3n) is 4.03. The molecule has 0 atom stereocenters. The van der Waals surface area contributed by atoms with E-state index in [0.29, 0.717) is 29.5 Å². The molecule has 8 nitrogen and oxygen atoms in total. The lowest BCUT2D eigenvalue weighted by Gasteiger charge is -2.22. The summed E-state index contributed by atoms with van der Waals surface area (Å²) in [6.45, 7) is 2.38. The molecule has 0 unspecified atom stereocenters. The third-order valence-corrected chi connectivity index (χ3v) is 5.17. The summed E-state index contributed by atoms with van der Waals surface area (Å²) in [7, 11) is -3.66. The van der Waals surface area contributed by atoms with Crippen LogP contribution in [0.25, 0.3) is 0 Å². The van der Waals surface area contributed by atoms with Gasteiger partial charge in [-0.2, -0.15) is 0 Å². The highest BCUT2D eigenvalue weighted by molar-refractivity contribution is 7.92. The molecule has 0 fully saturated rings. The fourth-order valence-corrected chi connectivity index (χ4v) is 3.58. The van der Waals surface area contributed by atoms with Crippen LogP contribution in [0.3, 0.4) is 0 Å². The molecule has 2 aromatic rings. The van der Waals surface area contributed by atoms with Gasteiger partial charge < -0.3 is 19.5 Å². The van der Waals surface area contributed by atoms with Crippen molar-refractivity contribution in [2.75, 3.05) is 30.5 Å². The van der Waals surface area contributed by atoms with E-state index in [9.17, 15) is 13.2 Å². The van der Waals surface area contributed by atoms with Crippen molar-refractivity contribution < 1.29 is 27.4 Å². The van der Waals surface area contributed by atoms with Crippen LogP contribution in [0.4, 0.5) is 5.69 Å². The highest BCUT2D eigenvalue weighted by Crippen LogP contribution is 2.32. The van der Waals surface area contributed by atoms with Gasteiger partial charge in [-0.3, -0.25) is 9.10 Å². The Morgan fingerprint density at radius 3 is 2.71 bits per heavy atom. The van der Waals surface area contributed by atoms with Crippen LogP contribution in [0.2, 0.25) is 0 Å².